The number of hydrogen-bond acceptors (Lipinski definition) is 1. The lowest BCUT2D eigenvalue weighted by atomic mass is 9.45. The smallest absolute Gasteiger partial charge is 0.141 e. The lowest BCUT2D eigenvalue weighted by Crippen LogP contribution is -2.52. The summed E-state index contributed by atoms with van der Waals surface area (Å²) in [5.41, 5.74) is 6.21. The van der Waals surface area contributed by atoms with Gasteiger partial charge >= 0.3 is 0 Å². The first-order chi connectivity index (χ1) is 16.4. The van der Waals surface area contributed by atoms with E-state index in [4.69, 9.17) is 0 Å². The third-order valence-corrected chi connectivity index (χ3v) is 11.3. The van der Waals surface area contributed by atoms with E-state index in [-0.39, 0.29) is 5.56 Å². The van der Waals surface area contributed by atoms with E-state index >= 15 is 0 Å². The zero-order valence-corrected chi connectivity index (χ0v) is 21.0. The molecule has 2 aromatic carbocycles. The van der Waals surface area contributed by atoms with Gasteiger partial charge in [-0.05, 0) is 113 Å². The first-order valence-electron chi connectivity index (χ1n) is 13.7. The van der Waals surface area contributed by atoms with E-state index in [1.54, 1.807) is 12.1 Å². The molecule has 2 heteroatoms. The molecule has 4 fully saturated rings. The molecule has 0 radical (unpaired) electrons. The molecule has 0 aromatic heterocycles. The van der Waals surface area contributed by atoms with Crippen molar-refractivity contribution in [2.24, 2.45) is 28.6 Å². The van der Waals surface area contributed by atoms with Gasteiger partial charge in [-0.3, -0.25) is 0 Å². The molecule has 0 spiro atoms. The van der Waals surface area contributed by atoms with Gasteiger partial charge in [0.25, 0.3) is 0 Å². The number of nitrogens with zero attached hydrogens (tertiary/aromatic N) is 1. The van der Waals surface area contributed by atoms with Gasteiger partial charge in [0, 0.05) is 0 Å². The summed E-state index contributed by atoms with van der Waals surface area (Å²) in [7, 11) is 0. The Kier molecular flexibility index (Phi) is 5.22. The summed E-state index contributed by atoms with van der Waals surface area (Å²) in [4.78, 5) is 0. The number of benzene rings is 2. The van der Waals surface area contributed by atoms with Crippen molar-refractivity contribution in [3.8, 4) is 17.2 Å². The molecule has 0 saturated heterocycles. The lowest BCUT2D eigenvalue weighted by molar-refractivity contribution is -0.0674. The number of nitriles is 1. The summed E-state index contributed by atoms with van der Waals surface area (Å²) in [6.45, 7) is 7.51. The summed E-state index contributed by atoms with van der Waals surface area (Å²) in [5.74, 6) is 3.18. The summed E-state index contributed by atoms with van der Waals surface area (Å²) in [6, 6.07) is 14.5. The molecule has 4 unspecified atom stereocenters. The normalized spacial score (nSPS) is 38.6. The van der Waals surface area contributed by atoms with Crippen molar-refractivity contribution >= 4 is 0 Å². The summed E-state index contributed by atoms with van der Waals surface area (Å²) in [6.07, 6.45) is 11.8. The Morgan fingerprint density at radius 2 is 1.68 bits per heavy atom. The number of rotatable bonds is 3. The molecule has 4 atom stereocenters. The van der Waals surface area contributed by atoms with Crippen LogP contribution in [0, 0.1) is 45.7 Å². The molecule has 4 aliphatic carbocycles. The monoisotopic (exact) mass is 455 g/mol. The average Bonchev–Trinajstić information content (AvgIpc) is 3.03. The SMILES string of the molecule is CC1CCCC(c2ccc(C3C4CCC5(C)CCC3C45C)cc2-c2ccc(C#N)c(F)c2)CC1. The molecular weight excluding hydrogens is 417 g/mol. The van der Waals surface area contributed by atoms with Crippen molar-refractivity contribution in [3.63, 3.8) is 0 Å². The predicted molar refractivity (Wildman–Crippen MR) is 136 cm³/mol. The first kappa shape index (κ1) is 22.3. The Labute approximate surface area is 204 Å². The van der Waals surface area contributed by atoms with Crippen LogP contribution in [0.3, 0.4) is 0 Å². The highest BCUT2D eigenvalue weighted by Gasteiger charge is 2.72. The van der Waals surface area contributed by atoms with Crippen molar-refractivity contribution in [2.45, 2.75) is 90.4 Å². The molecule has 1 nitrogen and oxygen atoms in total. The van der Waals surface area contributed by atoms with Gasteiger partial charge < -0.3 is 0 Å². The highest BCUT2D eigenvalue weighted by atomic mass is 19.1. The highest BCUT2D eigenvalue weighted by Crippen LogP contribution is 2.80. The maximum Gasteiger partial charge on any atom is 0.141 e. The van der Waals surface area contributed by atoms with Crippen molar-refractivity contribution in [3.05, 3.63) is 58.9 Å². The van der Waals surface area contributed by atoms with Crippen LogP contribution in [-0.4, -0.2) is 0 Å². The topological polar surface area (TPSA) is 23.8 Å². The molecule has 4 aliphatic rings. The first-order valence-corrected chi connectivity index (χ1v) is 13.7. The van der Waals surface area contributed by atoms with Crippen molar-refractivity contribution in [2.75, 3.05) is 0 Å². The Morgan fingerprint density at radius 1 is 0.912 bits per heavy atom. The fraction of sp³-hybridized carbons (Fsp3) is 0.594. The van der Waals surface area contributed by atoms with E-state index < -0.39 is 5.82 Å². The zero-order valence-electron chi connectivity index (χ0n) is 21.0. The summed E-state index contributed by atoms with van der Waals surface area (Å²) < 4.78 is 14.7. The second-order valence-electron chi connectivity index (χ2n) is 12.6. The second kappa shape index (κ2) is 7.94. The van der Waals surface area contributed by atoms with Gasteiger partial charge in [0.15, 0.2) is 0 Å². The van der Waals surface area contributed by atoms with Crippen LogP contribution in [0.15, 0.2) is 36.4 Å². The van der Waals surface area contributed by atoms with Gasteiger partial charge in [0.2, 0.25) is 0 Å². The van der Waals surface area contributed by atoms with Crippen LogP contribution in [0.4, 0.5) is 4.39 Å². The van der Waals surface area contributed by atoms with Crippen LogP contribution in [0.5, 0.6) is 0 Å². The van der Waals surface area contributed by atoms with Crippen molar-refractivity contribution in [1.29, 1.82) is 5.26 Å². The van der Waals surface area contributed by atoms with Crippen LogP contribution >= 0.6 is 0 Å². The van der Waals surface area contributed by atoms with Gasteiger partial charge in [-0.2, -0.15) is 5.26 Å². The number of hydrogen-bond donors (Lipinski definition) is 0. The Bertz CT molecular complexity index is 1140. The molecule has 2 aromatic rings. The molecule has 4 saturated carbocycles. The van der Waals surface area contributed by atoms with Crippen LogP contribution in [-0.2, 0) is 0 Å². The molecule has 34 heavy (non-hydrogen) atoms. The fourth-order valence-electron chi connectivity index (χ4n) is 9.07. The highest BCUT2D eigenvalue weighted by molar-refractivity contribution is 5.70. The van der Waals surface area contributed by atoms with Crippen LogP contribution in [0.1, 0.15) is 107 Å². The minimum atomic E-state index is -0.399. The van der Waals surface area contributed by atoms with Crippen LogP contribution in [0.2, 0.25) is 0 Å². The van der Waals surface area contributed by atoms with E-state index in [2.05, 4.69) is 39.0 Å². The third kappa shape index (κ3) is 3.08. The second-order valence-corrected chi connectivity index (χ2v) is 12.6. The molecule has 0 bridgehead atoms. The van der Waals surface area contributed by atoms with Gasteiger partial charge in [-0.15, -0.1) is 0 Å². The molecule has 0 N–H and O–H groups in total. The third-order valence-electron chi connectivity index (χ3n) is 11.3. The minimum absolute atomic E-state index is 0.135. The Balaban J connectivity index is 1.42. The van der Waals surface area contributed by atoms with Gasteiger partial charge in [0.1, 0.15) is 11.9 Å². The largest absolute Gasteiger partial charge is 0.206 e. The fourth-order valence-corrected chi connectivity index (χ4v) is 9.07. The summed E-state index contributed by atoms with van der Waals surface area (Å²) in [5, 5.41) is 9.25. The summed E-state index contributed by atoms with van der Waals surface area (Å²) >= 11 is 0. The molecular formula is C32H38FN. The van der Waals surface area contributed by atoms with Gasteiger partial charge in [-0.25, -0.2) is 4.39 Å². The molecule has 0 heterocycles. The van der Waals surface area contributed by atoms with E-state index in [9.17, 15) is 9.65 Å². The Hall–Kier alpha value is -2.14. The van der Waals surface area contributed by atoms with E-state index in [1.807, 2.05) is 12.1 Å². The molecule has 0 amide bonds. The zero-order chi connectivity index (χ0) is 23.7. The van der Waals surface area contributed by atoms with Crippen molar-refractivity contribution in [1.82, 2.24) is 0 Å². The maximum absolute atomic E-state index is 14.7. The quantitative estimate of drug-likeness (QED) is 0.424. The average molecular weight is 456 g/mol. The van der Waals surface area contributed by atoms with E-state index in [0.717, 1.165) is 23.3 Å². The van der Waals surface area contributed by atoms with Crippen molar-refractivity contribution < 1.29 is 4.39 Å². The minimum Gasteiger partial charge on any atom is -0.206 e. The standard InChI is InChI=1S/C32H38FN/c1-20-5-4-6-21(8-7-20)25-12-11-23(17-26(25)22-9-10-24(19-34)29(33)18-22)30-27-13-15-31(2)16-14-28(30)32(27,31)3/h9-12,17-18,20-21,27-28,30H,4-8,13-16H2,1-3H3. The maximum atomic E-state index is 14.7. The van der Waals surface area contributed by atoms with Crippen LogP contribution < -0.4 is 0 Å². The Morgan fingerprint density at radius 3 is 2.38 bits per heavy atom. The predicted octanol–water partition coefficient (Wildman–Crippen LogP) is 8.98. The van der Waals surface area contributed by atoms with E-state index in [0.29, 0.717) is 22.7 Å². The molecule has 0 aliphatic heterocycles. The van der Waals surface area contributed by atoms with Gasteiger partial charge in [-0.1, -0.05) is 64.3 Å². The lowest BCUT2D eigenvalue weighted by Gasteiger charge is -2.59. The molecule has 6 rings (SSSR count). The molecule has 178 valence electrons. The van der Waals surface area contributed by atoms with E-state index in [1.165, 1.54) is 74.5 Å². The van der Waals surface area contributed by atoms with Crippen LogP contribution in [0.25, 0.3) is 11.1 Å². The number of halogens is 1. The van der Waals surface area contributed by atoms with Gasteiger partial charge in [0.05, 0.1) is 5.56 Å².